The van der Waals surface area contributed by atoms with Crippen LogP contribution in [0, 0.1) is 13.8 Å². The molecular formula is C24H31ClN4O2. The van der Waals surface area contributed by atoms with Crippen molar-refractivity contribution in [1.82, 2.24) is 20.7 Å². The van der Waals surface area contributed by atoms with Crippen LogP contribution in [0.25, 0.3) is 0 Å². The molecule has 2 saturated heterocycles. The minimum atomic E-state index is -0.175. The lowest BCUT2D eigenvalue weighted by molar-refractivity contribution is -0.135. The molecule has 7 heteroatoms. The smallest absolute Gasteiger partial charge is 0.241 e. The molecule has 2 atom stereocenters. The summed E-state index contributed by atoms with van der Waals surface area (Å²) in [4.78, 5) is 17.4. The first-order valence-corrected chi connectivity index (χ1v) is 11.3. The molecule has 2 fully saturated rings. The fourth-order valence-corrected chi connectivity index (χ4v) is 4.50. The number of ether oxygens (including phenoxy) is 1. The van der Waals surface area contributed by atoms with Crippen LogP contribution in [0.2, 0.25) is 5.02 Å². The summed E-state index contributed by atoms with van der Waals surface area (Å²) >= 11 is 5.90. The summed E-state index contributed by atoms with van der Waals surface area (Å²) in [6.45, 7) is 8.97. The van der Waals surface area contributed by atoms with Crippen LogP contribution in [0.15, 0.2) is 42.5 Å². The predicted molar refractivity (Wildman–Crippen MR) is 123 cm³/mol. The van der Waals surface area contributed by atoms with Gasteiger partial charge in [0.15, 0.2) is 0 Å². The van der Waals surface area contributed by atoms with Gasteiger partial charge in [-0.2, -0.15) is 0 Å². The molecule has 2 aromatic carbocycles. The van der Waals surface area contributed by atoms with E-state index < -0.39 is 0 Å². The Bertz CT molecular complexity index is 897. The summed E-state index contributed by atoms with van der Waals surface area (Å²) in [5.41, 5.74) is 10.3. The maximum Gasteiger partial charge on any atom is 0.241 e. The van der Waals surface area contributed by atoms with Crippen molar-refractivity contribution in [3.05, 3.63) is 64.2 Å². The third-order valence-electron chi connectivity index (χ3n) is 6.18. The van der Waals surface area contributed by atoms with Gasteiger partial charge in [-0.05, 0) is 55.7 Å². The number of hydrazine groups is 1. The minimum Gasteiger partial charge on any atom is -0.492 e. The molecule has 0 spiro atoms. The van der Waals surface area contributed by atoms with Gasteiger partial charge in [-0.1, -0.05) is 35.4 Å². The van der Waals surface area contributed by atoms with E-state index in [2.05, 4.69) is 47.8 Å². The summed E-state index contributed by atoms with van der Waals surface area (Å²) in [5, 5.41) is 0.709. The molecule has 2 heterocycles. The molecule has 0 radical (unpaired) electrons. The molecule has 166 valence electrons. The van der Waals surface area contributed by atoms with Crippen molar-refractivity contribution >= 4 is 17.5 Å². The summed E-state index contributed by atoms with van der Waals surface area (Å²) in [6, 6.07) is 13.9. The van der Waals surface area contributed by atoms with Gasteiger partial charge >= 0.3 is 0 Å². The van der Waals surface area contributed by atoms with Crippen LogP contribution in [0.5, 0.6) is 5.75 Å². The lowest BCUT2D eigenvalue weighted by Crippen LogP contribution is -2.54. The second kappa shape index (κ2) is 10.0. The van der Waals surface area contributed by atoms with Crippen molar-refractivity contribution in [1.29, 1.82) is 0 Å². The lowest BCUT2D eigenvalue weighted by atomic mass is 9.96. The second-order valence-electron chi connectivity index (χ2n) is 8.46. The average molecular weight is 443 g/mol. The van der Waals surface area contributed by atoms with Crippen LogP contribution >= 0.6 is 11.6 Å². The quantitative estimate of drug-likeness (QED) is 0.720. The molecule has 1 amide bonds. The first-order chi connectivity index (χ1) is 15.0. The van der Waals surface area contributed by atoms with Gasteiger partial charge in [0.25, 0.3) is 0 Å². The van der Waals surface area contributed by atoms with Crippen molar-refractivity contribution < 1.29 is 9.53 Å². The molecule has 0 aliphatic carbocycles. The molecule has 0 saturated carbocycles. The van der Waals surface area contributed by atoms with Gasteiger partial charge in [-0.15, -0.1) is 0 Å². The summed E-state index contributed by atoms with van der Waals surface area (Å²) < 4.78 is 5.79. The maximum absolute atomic E-state index is 13.0. The molecule has 0 aromatic heterocycles. The maximum atomic E-state index is 13.0. The SMILES string of the molecule is Cc1ccc(C2CC(C(=O)N3CCN(CCOc4ccc(Cl)cc4)CC3)NN2)c(C)c1. The van der Waals surface area contributed by atoms with Gasteiger partial charge in [0.05, 0.1) is 0 Å². The van der Waals surface area contributed by atoms with Gasteiger partial charge in [0.1, 0.15) is 18.4 Å². The highest BCUT2D eigenvalue weighted by atomic mass is 35.5. The van der Waals surface area contributed by atoms with E-state index in [9.17, 15) is 4.79 Å². The van der Waals surface area contributed by atoms with Crippen molar-refractivity contribution in [2.24, 2.45) is 0 Å². The number of rotatable bonds is 6. The van der Waals surface area contributed by atoms with Crippen LogP contribution in [0.1, 0.15) is 29.2 Å². The molecule has 2 N–H and O–H groups in total. The van der Waals surface area contributed by atoms with E-state index in [1.165, 1.54) is 16.7 Å². The third-order valence-corrected chi connectivity index (χ3v) is 6.43. The van der Waals surface area contributed by atoms with Crippen LogP contribution < -0.4 is 15.6 Å². The Hall–Kier alpha value is -2.12. The fraction of sp³-hybridized carbons (Fsp3) is 0.458. The number of piperazine rings is 1. The first-order valence-electron chi connectivity index (χ1n) is 11.0. The van der Waals surface area contributed by atoms with Gasteiger partial charge in [-0.3, -0.25) is 9.69 Å². The van der Waals surface area contributed by atoms with Crippen LogP contribution in [-0.2, 0) is 4.79 Å². The van der Waals surface area contributed by atoms with Crippen molar-refractivity contribution in [2.75, 3.05) is 39.3 Å². The first kappa shape index (κ1) is 22.1. The van der Waals surface area contributed by atoms with Gasteiger partial charge in [-0.25, -0.2) is 10.9 Å². The van der Waals surface area contributed by atoms with Crippen LogP contribution in [-0.4, -0.2) is 61.1 Å². The molecule has 4 rings (SSSR count). The third kappa shape index (κ3) is 5.57. The van der Waals surface area contributed by atoms with Crippen molar-refractivity contribution in [3.8, 4) is 5.75 Å². The Kier molecular flexibility index (Phi) is 7.13. The van der Waals surface area contributed by atoms with Crippen LogP contribution in [0.4, 0.5) is 0 Å². The molecular weight excluding hydrogens is 412 g/mol. The van der Waals surface area contributed by atoms with E-state index in [4.69, 9.17) is 16.3 Å². The molecule has 31 heavy (non-hydrogen) atoms. The monoisotopic (exact) mass is 442 g/mol. The zero-order chi connectivity index (χ0) is 21.8. The zero-order valence-electron chi connectivity index (χ0n) is 18.2. The average Bonchev–Trinajstić information content (AvgIpc) is 3.25. The number of nitrogens with zero attached hydrogens (tertiary/aromatic N) is 2. The number of halogens is 1. The molecule has 2 aliphatic heterocycles. The summed E-state index contributed by atoms with van der Waals surface area (Å²) in [6.07, 6.45) is 0.776. The molecule has 2 unspecified atom stereocenters. The largest absolute Gasteiger partial charge is 0.492 e. The van der Waals surface area contributed by atoms with E-state index in [0.717, 1.165) is 44.9 Å². The van der Waals surface area contributed by atoms with E-state index in [1.807, 2.05) is 29.2 Å². The van der Waals surface area contributed by atoms with Gasteiger partial charge in [0.2, 0.25) is 5.91 Å². The number of benzene rings is 2. The Morgan fingerprint density at radius 1 is 1.06 bits per heavy atom. The Labute approximate surface area is 189 Å². The number of carbonyl (C=O) groups excluding carboxylic acids is 1. The standard InChI is InChI=1S/C24H31ClN4O2/c1-17-3-8-21(18(2)15-17)22-16-23(27-26-22)24(30)29-11-9-28(10-12-29)13-14-31-20-6-4-19(25)5-7-20/h3-8,15,22-23,26-27H,9-14,16H2,1-2H3. The zero-order valence-corrected chi connectivity index (χ0v) is 19.0. The van der Waals surface area contributed by atoms with Crippen molar-refractivity contribution in [2.45, 2.75) is 32.4 Å². The molecule has 2 aliphatic rings. The predicted octanol–water partition coefficient (Wildman–Crippen LogP) is 3.09. The fourth-order valence-electron chi connectivity index (χ4n) is 4.37. The minimum absolute atomic E-state index is 0.167. The van der Waals surface area contributed by atoms with E-state index in [-0.39, 0.29) is 18.0 Å². The van der Waals surface area contributed by atoms with Gasteiger partial charge in [0, 0.05) is 43.8 Å². The molecule has 2 aromatic rings. The summed E-state index contributed by atoms with van der Waals surface area (Å²) in [7, 11) is 0. The Balaban J connectivity index is 1.21. The Morgan fingerprint density at radius 2 is 1.81 bits per heavy atom. The number of hydrogen-bond donors (Lipinski definition) is 2. The van der Waals surface area contributed by atoms with Crippen molar-refractivity contribution in [3.63, 3.8) is 0 Å². The number of amides is 1. The number of hydrogen-bond acceptors (Lipinski definition) is 5. The highest BCUT2D eigenvalue weighted by molar-refractivity contribution is 6.30. The highest BCUT2D eigenvalue weighted by Crippen LogP contribution is 2.26. The second-order valence-corrected chi connectivity index (χ2v) is 8.90. The van der Waals surface area contributed by atoms with Gasteiger partial charge < -0.3 is 9.64 Å². The Morgan fingerprint density at radius 3 is 2.52 bits per heavy atom. The number of carbonyl (C=O) groups is 1. The normalized spacial score (nSPS) is 22.0. The number of aryl methyl sites for hydroxylation is 2. The van der Waals surface area contributed by atoms with Crippen LogP contribution in [0.3, 0.4) is 0 Å². The van der Waals surface area contributed by atoms with E-state index in [1.54, 1.807) is 0 Å². The highest BCUT2D eigenvalue weighted by Gasteiger charge is 2.34. The van der Waals surface area contributed by atoms with E-state index >= 15 is 0 Å². The molecule has 6 nitrogen and oxygen atoms in total. The van der Waals surface area contributed by atoms with E-state index in [0.29, 0.717) is 11.6 Å². The lowest BCUT2D eigenvalue weighted by Gasteiger charge is -2.35. The summed E-state index contributed by atoms with van der Waals surface area (Å²) in [5.74, 6) is 1.02. The number of nitrogens with one attached hydrogen (secondary N) is 2. The topological polar surface area (TPSA) is 56.8 Å². The molecule has 0 bridgehead atoms.